The number of aliphatic hydroxyl groups is 1. The van der Waals surface area contributed by atoms with Gasteiger partial charge in [-0.3, -0.25) is 10.1 Å². The lowest BCUT2D eigenvalue weighted by Gasteiger charge is -2.06. The van der Waals surface area contributed by atoms with Gasteiger partial charge in [-0.15, -0.1) is 0 Å². The molecular weight excluding hydrogens is 201 g/mol. The number of benzene rings is 1. The van der Waals surface area contributed by atoms with Gasteiger partial charge in [0.15, 0.2) is 0 Å². The molecule has 1 aromatic carbocycles. The molecule has 0 unspecified atom stereocenters. The van der Waals surface area contributed by atoms with E-state index in [0.717, 1.165) is 6.07 Å². The highest BCUT2D eigenvalue weighted by molar-refractivity contribution is 5.37. The Morgan fingerprint density at radius 1 is 1.53 bits per heavy atom. The number of halogens is 1. The average Bonchev–Trinajstić information content (AvgIpc) is 2.87. The van der Waals surface area contributed by atoms with Crippen molar-refractivity contribution in [3.8, 4) is 0 Å². The number of hydrogen-bond acceptors (Lipinski definition) is 3. The molecule has 0 aromatic heterocycles. The standard InChI is InChI=1S/C10H10FNO3/c11-8-2-1-7(5-9(8)12(14)15)6-10(13)3-4-10/h1-2,5,13H,3-4,6H2. The molecule has 0 spiro atoms. The van der Waals surface area contributed by atoms with Gasteiger partial charge in [-0.05, 0) is 24.5 Å². The lowest BCUT2D eigenvalue weighted by atomic mass is 10.1. The van der Waals surface area contributed by atoms with Crippen LogP contribution in [0.25, 0.3) is 0 Å². The topological polar surface area (TPSA) is 63.4 Å². The van der Waals surface area contributed by atoms with Gasteiger partial charge in [0.2, 0.25) is 5.82 Å². The van der Waals surface area contributed by atoms with Gasteiger partial charge in [0, 0.05) is 12.5 Å². The minimum Gasteiger partial charge on any atom is -0.390 e. The van der Waals surface area contributed by atoms with Gasteiger partial charge in [-0.2, -0.15) is 4.39 Å². The van der Waals surface area contributed by atoms with Crippen molar-refractivity contribution in [1.29, 1.82) is 0 Å². The summed E-state index contributed by atoms with van der Waals surface area (Å²) in [5.41, 5.74) is -0.647. The summed E-state index contributed by atoms with van der Waals surface area (Å²) in [5.74, 6) is -0.841. The molecule has 1 saturated carbocycles. The van der Waals surface area contributed by atoms with Crippen molar-refractivity contribution < 1.29 is 14.4 Å². The van der Waals surface area contributed by atoms with Crippen LogP contribution >= 0.6 is 0 Å². The molecule has 4 nitrogen and oxygen atoms in total. The number of rotatable bonds is 3. The molecule has 15 heavy (non-hydrogen) atoms. The molecule has 0 heterocycles. The lowest BCUT2D eigenvalue weighted by molar-refractivity contribution is -0.387. The molecule has 0 aliphatic heterocycles. The summed E-state index contributed by atoms with van der Waals surface area (Å²) < 4.78 is 13.0. The first-order valence-corrected chi connectivity index (χ1v) is 4.65. The van der Waals surface area contributed by atoms with Crippen molar-refractivity contribution in [1.82, 2.24) is 0 Å². The predicted octanol–water partition coefficient (Wildman–Crippen LogP) is 1.80. The molecule has 2 rings (SSSR count). The summed E-state index contributed by atoms with van der Waals surface area (Å²) in [4.78, 5) is 9.70. The Bertz CT molecular complexity index is 415. The molecule has 1 aromatic rings. The summed E-state index contributed by atoms with van der Waals surface area (Å²) in [6.07, 6.45) is 1.77. The fourth-order valence-electron chi connectivity index (χ4n) is 1.51. The quantitative estimate of drug-likeness (QED) is 0.612. The molecule has 1 aliphatic rings. The summed E-state index contributed by atoms with van der Waals surface area (Å²) >= 11 is 0. The fraction of sp³-hybridized carbons (Fsp3) is 0.400. The molecule has 1 N–H and O–H groups in total. The minimum absolute atomic E-state index is 0.355. The zero-order valence-corrected chi connectivity index (χ0v) is 7.94. The SMILES string of the molecule is O=[N+]([O-])c1cc(CC2(O)CC2)ccc1F. The Morgan fingerprint density at radius 2 is 2.20 bits per heavy atom. The van der Waals surface area contributed by atoms with E-state index in [1.807, 2.05) is 0 Å². The highest BCUT2D eigenvalue weighted by Gasteiger charge is 2.40. The number of nitrogens with zero attached hydrogens (tertiary/aromatic N) is 1. The molecule has 0 radical (unpaired) electrons. The van der Waals surface area contributed by atoms with Crippen LogP contribution in [0.1, 0.15) is 18.4 Å². The van der Waals surface area contributed by atoms with Crippen LogP contribution < -0.4 is 0 Å². The molecule has 1 aliphatic carbocycles. The van der Waals surface area contributed by atoms with Crippen molar-refractivity contribution in [2.45, 2.75) is 24.9 Å². The maximum Gasteiger partial charge on any atom is 0.305 e. The first kappa shape index (κ1) is 10.0. The summed E-state index contributed by atoms with van der Waals surface area (Å²) in [6, 6.07) is 3.73. The summed E-state index contributed by atoms with van der Waals surface area (Å²) in [6.45, 7) is 0. The van der Waals surface area contributed by atoms with Crippen molar-refractivity contribution in [2.24, 2.45) is 0 Å². The van der Waals surface area contributed by atoms with Gasteiger partial charge >= 0.3 is 5.69 Å². The first-order chi connectivity index (χ1) is 7.00. The molecule has 80 valence electrons. The van der Waals surface area contributed by atoms with E-state index in [2.05, 4.69) is 0 Å². The maximum atomic E-state index is 13.0. The third-order valence-corrected chi connectivity index (χ3v) is 2.57. The molecule has 1 fully saturated rings. The Balaban J connectivity index is 2.26. The molecule has 0 bridgehead atoms. The van der Waals surface area contributed by atoms with E-state index in [9.17, 15) is 19.6 Å². The van der Waals surface area contributed by atoms with E-state index in [1.165, 1.54) is 12.1 Å². The van der Waals surface area contributed by atoms with Crippen LogP contribution in [0, 0.1) is 15.9 Å². The van der Waals surface area contributed by atoms with E-state index in [0.29, 0.717) is 24.8 Å². The number of nitro groups is 1. The van der Waals surface area contributed by atoms with Crippen LogP contribution in [0.15, 0.2) is 18.2 Å². The second kappa shape index (κ2) is 3.27. The van der Waals surface area contributed by atoms with E-state index in [-0.39, 0.29) is 0 Å². The van der Waals surface area contributed by atoms with Crippen LogP contribution in [0.2, 0.25) is 0 Å². The van der Waals surface area contributed by atoms with Crippen LogP contribution in [-0.2, 0) is 6.42 Å². The zero-order chi connectivity index (χ0) is 11.1. The van der Waals surface area contributed by atoms with Crippen molar-refractivity contribution in [2.75, 3.05) is 0 Å². The zero-order valence-electron chi connectivity index (χ0n) is 7.94. The van der Waals surface area contributed by atoms with Crippen molar-refractivity contribution in [3.05, 3.63) is 39.7 Å². The van der Waals surface area contributed by atoms with Crippen LogP contribution in [0.5, 0.6) is 0 Å². The lowest BCUT2D eigenvalue weighted by Crippen LogP contribution is -2.10. The van der Waals surface area contributed by atoms with E-state index in [4.69, 9.17) is 0 Å². The Kier molecular flexibility index (Phi) is 2.19. The Labute approximate surface area is 85.5 Å². The monoisotopic (exact) mass is 211 g/mol. The van der Waals surface area contributed by atoms with Crippen LogP contribution in [0.4, 0.5) is 10.1 Å². The Morgan fingerprint density at radius 3 is 2.73 bits per heavy atom. The smallest absolute Gasteiger partial charge is 0.305 e. The third kappa shape index (κ3) is 2.12. The second-order valence-corrected chi connectivity index (χ2v) is 3.94. The molecule has 0 atom stereocenters. The second-order valence-electron chi connectivity index (χ2n) is 3.94. The van der Waals surface area contributed by atoms with Crippen molar-refractivity contribution in [3.63, 3.8) is 0 Å². The highest BCUT2D eigenvalue weighted by Crippen LogP contribution is 2.38. The van der Waals surface area contributed by atoms with Gasteiger partial charge in [0.1, 0.15) is 0 Å². The third-order valence-electron chi connectivity index (χ3n) is 2.57. The predicted molar refractivity (Wildman–Crippen MR) is 50.9 cm³/mol. The molecular formula is C10H10FNO3. The summed E-state index contributed by atoms with van der Waals surface area (Å²) in [7, 11) is 0. The van der Waals surface area contributed by atoms with Gasteiger partial charge in [0.05, 0.1) is 10.5 Å². The van der Waals surface area contributed by atoms with E-state index in [1.54, 1.807) is 0 Å². The normalized spacial score (nSPS) is 17.5. The van der Waals surface area contributed by atoms with E-state index >= 15 is 0 Å². The van der Waals surface area contributed by atoms with Crippen LogP contribution in [0.3, 0.4) is 0 Å². The maximum absolute atomic E-state index is 13.0. The first-order valence-electron chi connectivity index (χ1n) is 4.65. The highest BCUT2D eigenvalue weighted by atomic mass is 19.1. The van der Waals surface area contributed by atoms with Gasteiger partial charge < -0.3 is 5.11 Å². The fourth-order valence-corrected chi connectivity index (χ4v) is 1.51. The number of nitro benzene ring substituents is 1. The molecule has 0 saturated heterocycles. The van der Waals surface area contributed by atoms with Gasteiger partial charge in [-0.1, -0.05) is 6.07 Å². The Hall–Kier alpha value is -1.49. The number of hydrogen-bond donors (Lipinski definition) is 1. The van der Waals surface area contributed by atoms with Crippen molar-refractivity contribution >= 4 is 5.69 Å². The van der Waals surface area contributed by atoms with E-state index < -0.39 is 22.0 Å². The summed E-state index contributed by atoms with van der Waals surface area (Å²) in [5, 5.41) is 20.1. The largest absolute Gasteiger partial charge is 0.390 e. The minimum atomic E-state index is -0.841. The molecule has 0 amide bonds. The van der Waals surface area contributed by atoms with Crippen LogP contribution in [-0.4, -0.2) is 15.6 Å². The molecule has 5 heteroatoms. The average molecular weight is 211 g/mol. The van der Waals surface area contributed by atoms with Gasteiger partial charge in [0.25, 0.3) is 0 Å². The van der Waals surface area contributed by atoms with Gasteiger partial charge in [-0.25, -0.2) is 0 Å².